The molecule has 0 bridgehead atoms. The zero-order valence-corrected chi connectivity index (χ0v) is 14.4. The first-order valence-electron chi connectivity index (χ1n) is 9.02. The molecule has 1 aliphatic heterocycles. The van der Waals surface area contributed by atoms with Crippen molar-refractivity contribution < 1.29 is 0 Å². The third-order valence-corrected chi connectivity index (χ3v) is 5.27. The van der Waals surface area contributed by atoms with E-state index in [2.05, 4.69) is 71.4 Å². The van der Waals surface area contributed by atoms with E-state index in [1.54, 1.807) is 0 Å². The minimum atomic E-state index is 0.645. The maximum Gasteiger partial charge on any atom is 0.0648 e. The lowest BCUT2D eigenvalue weighted by atomic mass is 9.84. The van der Waals surface area contributed by atoms with E-state index >= 15 is 0 Å². The van der Waals surface area contributed by atoms with Crippen LogP contribution in [0.15, 0.2) is 60.5 Å². The molecule has 0 saturated heterocycles. The van der Waals surface area contributed by atoms with E-state index in [0.717, 1.165) is 19.5 Å². The summed E-state index contributed by atoms with van der Waals surface area (Å²) in [5.74, 6) is 0.645. The maximum atomic E-state index is 4.70. The molecule has 1 aliphatic carbocycles. The molecule has 2 heterocycles. The minimum absolute atomic E-state index is 0.645. The summed E-state index contributed by atoms with van der Waals surface area (Å²) in [5, 5.41) is 4.70. The van der Waals surface area contributed by atoms with Gasteiger partial charge in [0.1, 0.15) is 0 Å². The lowest BCUT2D eigenvalue weighted by Crippen LogP contribution is -2.23. The van der Waals surface area contributed by atoms with Crippen molar-refractivity contribution in [2.24, 2.45) is 0 Å². The van der Waals surface area contributed by atoms with E-state index < -0.39 is 0 Å². The summed E-state index contributed by atoms with van der Waals surface area (Å²) in [7, 11) is 0. The summed E-state index contributed by atoms with van der Waals surface area (Å²) in [6.45, 7) is 4.34. The number of aromatic nitrogens is 2. The van der Waals surface area contributed by atoms with E-state index in [0.29, 0.717) is 5.92 Å². The quantitative estimate of drug-likeness (QED) is 0.829. The van der Waals surface area contributed by atoms with Crippen molar-refractivity contribution in [1.82, 2.24) is 14.7 Å². The molecular weight excluding hydrogens is 294 g/mol. The number of hydrogen-bond donors (Lipinski definition) is 0. The lowest BCUT2D eigenvalue weighted by Gasteiger charge is -2.27. The normalized spacial score (nSPS) is 20.0. The van der Waals surface area contributed by atoms with Gasteiger partial charge < -0.3 is 4.90 Å². The largest absolute Gasteiger partial charge is 0.374 e. The summed E-state index contributed by atoms with van der Waals surface area (Å²) in [5.41, 5.74) is 5.44. The summed E-state index contributed by atoms with van der Waals surface area (Å²) >= 11 is 0. The molecule has 24 heavy (non-hydrogen) atoms. The highest BCUT2D eigenvalue weighted by Gasteiger charge is 2.24. The van der Waals surface area contributed by atoms with Gasteiger partial charge in [-0.25, -0.2) is 4.68 Å². The van der Waals surface area contributed by atoms with Gasteiger partial charge in [0.05, 0.1) is 11.9 Å². The topological polar surface area (TPSA) is 21.1 Å². The molecule has 2 aromatic rings. The summed E-state index contributed by atoms with van der Waals surface area (Å²) in [6.07, 6.45) is 13.8. The summed E-state index contributed by atoms with van der Waals surface area (Å²) in [4.78, 5) is 2.42. The van der Waals surface area contributed by atoms with E-state index in [4.69, 9.17) is 5.10 Å². The molecule has 0 amide bonds. The molecule has 124 valence electrons. The van der Waals surface area contributed by atoms with E-state index in [1.165, 1.54) is 41.8 Å². The fourth-order valence-corrected chi connectivity index (χ4v) is 3.84. The molecule has 1 aromatic carbocycles. The van der Waals surface area contributed by atoms with Crippen LogP contribution in [0.1, 0.15) is 43.4 Å². The van der Waals surface area contributed by atoms with Crippen LogP contribution in [0.4, 0.5) is 0 Å². The number of allylic oxidation sites excluding steroid dienone is 2. The Morgan fingerprint density at radius 3 is 2.88 bits per heavy atom. The molecule has 3 heteroatoms. The lowest BCUT2D eigenvalue weighted by molar-refractivity contribution is 0.369. The van der Waals surface area contributed by atoms with Gasteiger partial charge in [0.15, 0.2) is 0 Å². The first-order chi connectivity index (χ1) is 11.8. The van der Waals surface area contributed by atoms with Crippen molar-refractivity contribution in [3.63, 3.8) is 0 Å². The minimum Gasteiger partial charge on any atom is -0.374 e. The van der Waals surface area contributed by atoms with E-state index in [1.807, 2.05) is 0 Å². The zero-order chi connectivity index (χ0) is 16.4. The van der Waals surface area contributed by atoms with Crippen LogP contribution in [0.25, 0.3) is 5.69 Å². The van der Waals surface area contributed by atoms with Crippen molar-refractivity contribution in [2.75, 3.05) is 13.1 Å². The van der Waals surface area contributed by atoms with Crippen LogP contribution in [0.3, 0.4) is 0 Å². The second-order valence-corrected chi connectivity index (χ2v) is 6.93. The predicted molar refractivity (Wildman–Crippen MR) is 98.3 cm³/mol. The molecule has 0 N–H and O–H groups in total. The van der Waals surface area contributed by atoms with Crippen LogP contribution >= 0.6 is 0 Å². The number of benzene rings is 1. The molecule has 0 saturated carbocycles. The number of fused-ring (bicyclic) bond motifs is 1. The molecule has 1 aromatic heterocycles. The smallest absolute Gasteiger partial charge is 0.0648 e. The van der Waals surface area contributed by atoms with Gasteiger partial charge in [-0.05, 0) is 68.5 Å². The van der Waals surface area contributed by atoms with Gasteiger partial charge in [-0.1, -0.05) is 29.8 Å². The monoisotopic (exact) mass is 319 g/mol. The SMILES string of the molecule is CC1=CCN(CCC2CCCc3c2cnn3-c2ccccc2)C=C1. The average Bonchev–Trinajstić information content (AvgIpc) is 3.07. The van der Waals surface area contributed by atoms with Crippen molar-refractivity contribution in [1.29, 1.82) is 0 Å². The highest BCUT2D eigenvalue weighted by atomic mass is 15.3. The molecular formula is C21H25N3. The molecule has 0 spiro atoms. The van der Waals surface area contributed by atoms with Gasteiger partial charge in [0.25, 0.3) is 0 Å². The van der Waals surface area contributed by atoms with Crippen LogP contribution in [0, 0.1) is 0 Å². The Morgan fingerprint density at radius 2 is 2.08 bits per heavy atom. The van der Waals surface area contributed by atoms with Crippen LogP contribution in [0.5, 0.6) is 0 Å². The number of hydrogen-bond acceptors (Lipinski definition) is 2. The highest BCUT2D eigenvalue weighted by molar-refractivity contribution is 5.37. The van der Waals surface area contributed by atoms with Gasteiger partial charge in [-0.15, -0.1) is 0 Å². The second kappa shape index (κ2) is 6.68. The highest BCUT2D eigenvalue weighted by Crippen LogP contribution is 2.35. The molecule has 0 radical (unpaired) electrons. The Bertz CT molecular complexity index is 755. The van der Waals surface area contributed by atoms with Crippen molar-refractivity contribution >= 4 is 0 Å². The van der Waals surface area contributed by atoms with Crippen LogP contribution in [-0.2, 0) is 6.42 Å². The van der Waals surface area contributed by atoms with Gasteiger partial charge in [-0.3, -0.25) is 0 Å². The molecule has 0 fully saturated rings. The number of rotatable bonds is 4. The molecule has 1 atom stereocenters. The number of para-hydroxylation sites is 1. The van der Waals surface area contributed by atoms with Crippen LogP contribution in [0.2, 0.25) is 0 Å². The fraction of sp³-hybridized carbons (Fsp3) is 0.381. The van der Waals surface area contributed by atoms with Gasteiger partial charge in [-0.2, -0.15) is 5.10 Å². The Labute approximate surface area is 144 Å². The van der Waals surface area contributed by atoms with Crippen molar-refractivity contribution in [3.05, 3.63) is 71.7 Å². The van der Waals surface area contributed by atoms with E-state index in [9.17, 15) is 0 Å². The molecule has 4 rings (SSSR count). The number of nitrogens with zero attached hydrogens (tertiary/aromatic N) is 3. The first kappa shape index (κ1) is 15.3. The van der Waals surface area contributed by atoms with Gasteiger partial charge >= 0.3 is 0 Å². The van der Waals surface area contributed by atoms with E-state index in [-0.39, 0.29) is 0 Å². The first-order valence-corrected chi connectivity index (χ1v) is 9.02. The van der Waals surface area contributed by atoms with Crippen LogP contribution in [-0.4, -0.2) is 27.8 Å². The fourth-order valence-electron chi connectivity index (χ4n) is 3.84. The predicted octanol–water partition coefficient (Wildman–Crippen LogP) is 4.46. The third-order valence-electron chi connectivity index (χ3n) is 5.27. The van der Waals surface area contributed by atoms with Gasteiger partial charge in [0.2, 0.25) is 0 Å². The summed E-state index contributed by atoms with van der Waals surface area (Å²) < 4.78 is 2.15. The molecule has 1 unspecified atom stereocenters. The molecule has 2 aliphatic rings. The average molecular weight is 319 g/mol. The Kier molecular flexibility index (Phi) is 4.24. The standard InChI is InChI=1S/C21H25N3/c1-17-10-13-23(14-11-17)15-12-18-6-5-9-21-20(18)16-22-24(21)19-7-3-2-4-8-19/h2-4,7-8,10-11,13,16,18H,5-6,9,12,14-15H2,1H3. The van der Waals surface area contributed by atoms with Gasteiger partial charge in [0, 0.05) is 18.8 Å². The Balaban J connectivity index is 1.49. The van der Waals surface area contributed by atoms with Crippen molar-refractivity contribution in [3.8, 4) is 5.69 Å². The Hall–Kier alpha value is -2.29. The third kappa shape index (κ3) is 3.03. The molecule has 3 nitrogen and oxygen atoms in total. The maximum absolute atomic E-state index is 4.70. The zero-order valence-electron chi connectivity index (χ0n) is 14.4. The Morgan fingerprint density at radius 1 is 1.21 bits per heavy atom. The van der Waals surface area contributed by atoms with Crippen molar-refractivity contribution in [2.45, 2.75) is 38.5 Å². The second-order valence-electron chi connectivity index (χ2n) is 6.93. The van der Waals surface area contributed by atoms with Crippen LogP contribution < -0.4 is 0 Å². The summed E-state index contributed by atoms with van der Waals surface area (Å²) in [6, 6.07) is 10.5.